The van der Waals surface area contributed by atoms with E-state index in [9.17, 15) is 4.79 Å². The Morgan fingerprint density at radius 2 is 2.46 bits per heavy atom. The topological polar surface area (TPSA) is 44.1 Å². The van der Waals surface area contributed by atoms with Gasteiger partial charge in [0.1, 0.15) is 5.78 Å². The molecule has 0 N–H and O–H groups in total. The summed E-state index contributed by atoms with van der Waals surface area (Å²) in [5.74, 6) is 0.375. The lowest BCUT2D eigenvalue weighted by Gasteiger charge is -2.25. The Bertz CT molecular complexity index is 219. The van der Waals surface area contributed by atoms with E-state index in [0.29, 0.717) is 24.7 Å². The second-order valence-corrected chi connectivity index (χ2v) is 3.47. The van der Waals surface area contributed by atoms with Crippen molar-refractivity contribution in [3.8, 4) is 6.07 Å². The first-order valence-corrected chi connectivity index (χ1v) is 4.90. The van der Waals surface area contributed by atoms with E-state index in [1.165, 1.54) is 0 Å². The van der Waals surface area contributed by atoms with Crippen LogP contribution in [0.3, 0.4) is 0 Å². The molecule has 0 amide bonds. The second kappa shape index (κ2) is 4.98. The van der Waals surface area contributed by atoms with E-state index < -0.39 is 0 Å². The fourth-order valence-corrected chi connectivity index (χ4v) is 1.90. The molecule has 0 aliphatic heterocycles. The number of hydrogen-bond donors (Lipinski definition) is 0. The maximum Gasteiger partial charge on any atom is 0.134 e. The van der Waals surface area contributed by atoms with Gasteiger partial charge in [-0.25, -0.2) is 0 Å². The van der Waals surface area contributed by atoms with Gasteiger partial charge >= 0.3 is 0 Å². The molecule has 1 unspecified atom stereocenters. The lowest BCUT2D eigenvalue weighted by molar-refractivity contribution is -0.117. The number of carbonyl (C=O) groups excluding carboxylic acids is 1. The first-order valence-electron chi connectivity index (χ1n) is 4.90. The van der Waals surface area contributed by atoms with Crippen molar-refractivity contribution in [2.24, 2.45) is 0 Å². The van der Waals surface area contributed by atoms with Crippen LogP contribution in [0.25, 0.3) is 0 Å². The van der Waals surface area contributed by atoms with Crippen LogP contribution >= 0.6 is 0 Å². The van der Waals surface area contributed by atoms with Gasteiger partial charge in [-0.3, -0.25) is 9.69 Å². The molecule has 72 valence electrons. The van der Waals surface area contributed by atoms with Crippen LogP contribution in [0, 0.1) is 11.3 Å². The second-order valence-electron chi connectivity index (χ2n) is 3.47. The average Bonchev–Trinajstić information content (AvgIpc) is 2.54. The van der Waals surface area contributed by atoms with Crippen LogP contribution in [0.1, 0.15) is 32.6 Å². The maximum atomic E-state index is 11.1. The van der Waals surface area contributed by atoms with E-state index in [4.69, 9.17) is 5.26 Å². The summed E-state index contributed by atoms with van der Waals surface area (Å²) in [7, 11) is 0. The Hall–Kier alpha value is -0.880. The molecule has 0 radical (unpaired) electrons. The van der Waals surface area contributed by atoms with Crippen LogP contribution in [0.5, 0.6) is 0 Å². The van der Waals surface area contributed by atoms with E-state index >= 15 is 0 Å². The third-order valence-electron chi connectivity index (χ3n) is 2.65. The Kier molecular flexibility index (Phi) is 3.91. The summed E-state index contributed by atoms with van der Waals surface area (Å²) in [5, 5.41) is 8.46. The minimum atomic E-state index is 0.375. The zero-order chi connectivity index (χ0) is 9.68. The number of nitrogens with zero attached hydrogens (tertiary/aromatic N) is 2. The molecule has 1 fully saturated rings. The highest BCUT2D eigenvalue weighted by molar-refractivity contribution is 5.81. The number of hydrogen-bond acceptors (Lipinski definition) is 3. The Labute approximate surface area is 79.3 Å². The predicted molar refractivity (Wildman–Crippen MR) is 50.1 cm³/mol. The van der Waals surface area contributed by atoms with Crippen molar-refractivity contribution in [2.45, 2.75) is 38.6 Å². The zero-order valence-corrected chi connectivity index (χ0v) is 8.12. The first kappa shape index (κ1) is 10.2. The van der Waals surface area contributed by atoms with Gasteiger partial charge in [0, 0.05) is 31.8 Å². The third-order valence-corrected chi connectivity index (χ3v) is 2.65. The van der Waals surface area contributed by atoms with Gasteiger partial charge in [0.15, 0.2) is 0 Å². The van der Waals surface area contributed by atoms with Gasteiger partial charge in [0.05, 0.1) is 6.07 Å². The number of ketones is 1. The lowest BCUT2D eigenvalue weighted by atomic mass is 10.2. The highest BCUT2D eigenvalue weighted by Gasteiger charge is 2.26. The van der Waals surface area contributed by atoms with Gasteiger partial charge in [0.25, 0.3) is 0 Å². The van der Waals surface area contributed by atoms with Crippen LogP contribution in [-0.4, -0.2) is 29.8 Å². The Morgan fingerprint density at radius 1 is 1.69 bits per heavy atom. The normalized spacial score (nSPS) is 22.2. The average molecular weight is 180 g/mol. The van der Waals surface area contributed by atoms with Crippen molar-refractivity contribution in [1.82, 2.24) is 4.90 Å². The monoisotopic (exact) mass is 180 g/mol. The minimum absolute atomic E-state index is 0.375. The molecule has 1 rings (SSSR count). The van der Waals surface area contributed by atoms with Crippen molar-refractivity contribution in [3.05, 3.63) is 0 Å². The van der Waals surface area contributed by atoms with Gasteiger partial charge in [-0.2, -0.15) is 5.26 Å². The highest BCUT2D eigenvalue weighted by Crippen LogP contribution is 2.20. The Morgan fingerprint density at radius 3 is 2.92 bits per heavy atom. The molecule has 0 bridgehead atoms. The largest absolute Gasteiger partial charge is 0.300 e. The standard InChI is InChI=1S/C10H16N2O/c1-2-12(7-3-6-11)9-4-5-10(13)8-9/h9H,2-5,7-8H2,1H3. The van der Waals surface area contributed by atoms with E-state index in [0.717, 1.165) is 25.9 Å². The highest BCUT2D eigenvalue weighted by atomic mass is 16.1. The van der Waals surface area contributed by atoms with E-state index in [2.05, 4.69) is 17.9 Å². The smallest absolute Gasteiger partial charge is 0.134 e. The van der Waals surface area contributed by atoms with Gasteiger partial charge < -0.3 is 0 Å². The molecule has 13 heavy (non-hydrogen) atoms. The van der Waals surface area contributed by atoms with Crippen LogP contribution in [0.4, 0.5) is 0 Å². The molecule has 3 nitrogen and oxygen atoms in total. The summed E-state index contributed by atoms with van der Waals surface area (Å²) in [6, 6.07) is 2.55. The van der Waals surface area contributed by atoms with Crippen molar-refractivity contribution >= 4 is 5.78 Å². The van der Waals surface area contributed by atoms with E-state index in [1.807, 2.05) is 0 Å². The molecule has 1 saturated carbocycles. The van der Waals surface area contributed by atoms with Crippen molar-refractivity contribution in [3.63, 3.8) is 0 Å². The van der Waals surface area contributed by atoms with Crippen LogP contribution in [0.2, 0.25) is 0 Å². The third kappa shape index (κ3) is 2.82. The molecular formula is C10H16N2O. The number of Topliss-reactive ketones (excluding diaryl/α,β-unsaturated/α-hetero) is 1. The van der Waals surface area contributed by atoms with Crippen LogP contribution in [0.15, 0.2) is 0 Å². The summed E-state index contributed by atoms with van der Waals surface area (Å²) >= 11 is 0. The lowest BCUT2D eigenvalue weighted by Crippen LogP contribution is -2.34. The van der Waals surface area contributed by atoms with Gasteiger partial charge in [-0.15, -0.1) is 0 Å². The summed E-state index contributed by atoms with van der Waals surface area (Å²) in [6.45, 7) is 3.84. The molecule has 0 aromatic heterocycles. The van der Waals surface area contributed by atoms with Crippen molar-refractivity contribution < 1.29 is 4.79 Å². The molecule has 0 aromatic rings. The molecule has 3 heteroatoms. The SMILES string of the molecule is CCN(CCC#N)C1CCC(=O)C1. The van der Waals surface area contributed by atoms with Crippen molar-refractivity contribution in [2.75, 3.05) is 13.1 Å². The van der Waals surface area contributed by atoms with Gasteiger partial charge in [-0.1, -0.05) is 6.92 Å². The molecule has 0 heterocycles. The quantitative estimate of drug-likeness (QED) is 0.655. The number of nitriles is 1. The zero-order valence-electron chi connectivity index (χ0n) is 8.12. The summed E-state index contributed by atoms with van der Waals surface area (Å²) in [5.41, 5.74) is 0. The molecule has 1 aliphatic carbocycles. The summed E-state index contributed by atoms with van der Waals surface area (Å²) < 4.78 is 0. The summed E-state index contributed by atoms with van der Waals surface area (Å²) in [4.78, 5) is 13.3. The minimum Gasteiger partial charge on any atom is -0.300 e. The molecule has 1 aliphatic rings. The van der Waals surface area contributed by atoms with Crippen molar-refractivity contribution in [1.29, 1.82) is 5.26 Å². The van der Waals surface area contributed by atoms with Crippen LogP contribution < -0.4 is 0 Å². The van der Waals surface area contributed by atoms with E-state index in [-0.39, 0.29) is 0 Å². The number of rotatable bonds is 4. The van der Waals surface area contributed by atoms with Crippen LogP contribution in [-0.2, 0) is 4.79 Å². The van der Waals surface area contributed by atoms with Gasteiger partial charge in [-0.05, 0) is 13.0 Å². The molecule has 1 atom stereocenters. The molecule has 0 spiro atoms. The number of carbonyl (C=O) groups is 1. The molecular weight excluding hydrogens is 164 g/mol. The molecule has 0 saturated heterocycles. The molecule has 0 aromatic carbocycles. The fourth-order valence-electron chi connectivity index (χ4n) is 1.90. The predicted octanol–water partition coefficient (Wildman–Crippen LogP) is 1.34. The summed E-state index contributed by atoms with van der Waals surface area (Å²) in [6.07, 6.45) is 2.98. The maximum absolute atomic E-state index is 11.1. The van der Waals surface area contributed by atoms with E-state index in [1.54, 1.807) is 0 Å². The Balaban J connectivity index is 2.38. The fraction of sp³-hybridized carbons (Fsp3) is 0.800. The van der Waals surface area contributed by atoms with Gasteiger partial charge in [0.2, 0.25) is 0 Å². The first-order chi connectivity index (χ1) is 6.27.